The molecule has 1 N–H and O–H groups in total. The van der Waals surface area contributed by atoms with Crippen molar-refractivity contribution in [1.82, 2.24) is 14.8 Å². The Balaban J connectivity index is 1.64. The molecule has 8 heteroatoms. The largest absolute Gasteiger partial charge is 0.464 e. The van der Waals surface area contributed by atoms with E-state index in [1.54, 1.807) is 16.8 Å². The SMILES string of the molecule is COC(=O)c1ncccc1N[C@H](C)c1cc(C)cc2c(=O)cc(-c3cc(C)c4nn(C)cc4c3)oc12. The molecular formula is C28H26N4O4. The summed E-state index contributed by atoms with van der Waals surface area (Å²) in [5, 5.41) is 9.32. The topological polar surface area (TPSA) is 99.2 Å². The molecule has 0 aliphatic carbocycles. The maximum Gasteiger partial charge on any atom is 0.358 e. The molecule has 182 valence electrons. The van der Waals surface area contributed by atoms with Crippen molar-refractivity contribution in [3.63, 3.8) is 0 Å². The van der Waals surface area contributed by atoms with Crippen molar-refractivity contribution in [3.05, 3.63) is 87.5 Å². The van der Waals surface area contributed by atoms with E-state index in [4.69, 9.17) is 9.15 Å². The van der Waals surface area contributed by atoms with Crippen molar-refractivity contribution < 1.29 is 13.9 Å². The Labute approximate surface area is 207 Å². The van der Waals surface area contributed by atoms with Crippen molar-refractivity contribution in [1.29, 1.82) is 0 Å². The lowest BCUT2D eigenvalue weighted by molar-refractivity contribution is 0.0595. The van der Waals surface area contributed by atoms with Crippen LogP contribution >= 0.6 is 0 Å². The Morgan fingerprint density at radius 3 is 2.75 bits per heavy atom. The molecule has 0 radical (unpaired) electrons. The van der Waals surface area contributed by atoms with E-state index in [0.29, 0.717) is 22.4 Å². The highest BCUT2D eigenvalue weighted by Crippen LogP contribution is 2.32. The number of carbonyl (C=O) groups excluding carboxylic acids is 1. The summed E-state index contributed by atoms with van der Waals surface area (Å²) in [7, 11) is 3.20. The number of rotatable bonds is 5. The average Bonchev–Trinajstić information content (AvgIpc) is 3.24. The van der Waals surface area contributed by atoms with Crippen LogP contribution < -0.4 is 10.7 Å². The van der Waals surface area contributed by atoms with Gasteiger partial charge < -0.3 is 14.5 Å². The number of ether oxygens (including phenoxy) is 1. The minimum absolute atomic E-state index is 0.121. The maximum absolute atomic E-state index is 13.2. The van der Waals surface area contributed by atoms with Gasteiger partial charge in [0.25, 0.3) is 0 Å². The zero-order valence-electron chi connectivity index (χ0n) is 20.7. The zero-order valence-corrected chi connectivity index (χ0v) is 20.7. The summed E-state index contributed by atoms with van der Waals surface area (Å²) in [6.45, 7) is 5.87. The smallest absolute Gasteiger partial charge is 0.358 e. The van der Waals surface area contributed by atoms with Gasteiger partial charge >= 0.3 is 5.97 Å². The molecule has 3 heterocycles. The lowest BCUT2D eigenvalue weighted by Gasteiger charge is -2.19. The standard InChI is InChI=1S/C28H26N4O4/c1-15-9-20(17(3)30-22-7-6-8-29-26(22)28(34)35-5)27-21(10-15)23(33)13-24(36-27)18-11-16(2)25-19(12-18)14-32(4)31-25/h6-14,17,30H,1-5H3/t17-/m1/s1. The van der Waals surface area contributed by atoms with Crippen molar-refractivity contribution in [3.8, 4) is 11.3 Å². The number of nitrogens with zero attached hydrogens (tertiary/aromatic N) is 3. The number of esters is 1. The van der Waals surface area contributed by atoms with Crippen molar-refractivity contribution in [2.75, 3.05) is 12.4 Å². The fraction of sp³-hybridized carbons (Fsp3) is 0.214. The van der Waals surface area contributed by atoms with E-state index in [1.807, 2.05) is 58.3 Å². The highest BCUT2D eigenvalue weighted by Gasteiger charge is 2.20. The van der Waals surface area contributed by atoms with E-state index in [1.165, 1.54) is 19.4 Å². The van der Waals surface area contributed by atoms with Gasteiger partial charge in [-0.1, -0.05) is 6.07 Å². The number of anilines is 1. The summed E-state index contributed by atoms with van der Waals surface area (Å²) in [5.74, 6) is -0.0512. The van der Waals surface area contributed by atoms with Gasteiger partial charge in [0.1, 0.15) is 11.3 Å². The molecule has 2 aromatic carbocycles. The first-order valence-electron chi connectivity index (χ1n) is 11.6. The molecule has 0 amide bonds. The van der Waals surface area contributed by atoms with E-state index in [2.05, 4.69) is 15.4 Å². The quantitative estimate of drug-likeness (QED) is 0.339. The fourth-order valence-electron chi connectivity index (χ4n) is 4.56. The molecule has 0 saturated heterocycles. The number of methoxy groups -OCH3 is 1. The molecule has 36 heavy (non-hydrogen) atoms. The third kappa shape index (κ3) is 4.11. The van der Waals surface area contributed by atoms with Crippen LogP contribution in [0.15, 0.2) is 64.1 Å². The highest BCUT2D eigenvalue weighted by atomic mass is 16.5. The molecule has 1 atom stereocenters. The first-order valence-corrected chi connectivity index (χ1v) is 11.6. The van der Waals surface area contributed by atoms with Crippen molar-refractivity contribution in [2.45, 2.75) is 26.8 Å². The number of pyridine rings is 1. The third-order valence-corrected chi connectivity index (χ3v) is 6.22. The summed E-state index contributed by atoms with van der Waals surface area (Å²) >= 11 is 0. The van der Waals surface area contributed by atoms with Crippen LogP contribution in [0.4, 0.5) is 5.69 Å². The number of benzene rings is 2. The van der Waals surface area contributed by atoms with Gasteiger partial charge in [0, 0.05) is 42.0 Å². The minimum atomic E-state index is -0.533. The summed E-state index contributed by atoms with van der Waals surface area (Å²) in [6.07, 6.45) is 3.48. The van der Waals surface area contributed by atoms with Crippen LogP contribution in [0.3, 0.4) is 0 Å². The van der Waals surface area contributed by atoms with Crippen LogP contribution in [0, 0.1) is 13.8 Å². The number of hydrogen-bond acceptors (Lipinski definition) is 7. The second kappa shape index (κ2) is 8.96. The Morgan fingerprint density at radius 2 is 1.97 bits per heavy atom. The number of aryl methyl sites for hydroxylation is 3. The van der Waals surface area contributed by atoms with Gasteiger partial charge in [0.05, 0.1) is 29.7 Å². The summed E-state index contributed by atoms with van der Waals surface area (Å²) in [4.78, 5) is 29.6. The van der Waals surface area contributed by atoms with Gasteiger partial charge in [-0.2, -0.15) is 5.10 Å². The van der Waals surface area contributed by atoms with Crippen LogP contribution in [0.5, 0.6) is 0 Å². The first-order chi connectivity index (χ1) is 17.2. The number of hydrogen-bond donors (Lipinski definition) is 1. The molecule has 0 spiro atoms. The maximum atomic E-state index is 13.2. The number of fused-ring (bicyclic) bond motifs is 2. The Kier molecular flexibility index (Phi) is 5.80. The molecule has 0 fully saturated rings. The van der Waals surface area contributed by atoms with Gasteiger partial charge in [-0.05, 0) is 62.2 Å². The normalized spacial score (nSPS) is 12.1. The molecule has 0 saturated carbocycles. The van der Waals surface area contributed by atoms with Gasteiger partial charge in [-0.15, -0.1) is 0 Å². The van der Waals surface area contributed by atoms with Gasteiger partial charge in [0.15, 0.2) is 11.1 Å². The molecule has 8 nitrogen and oxygen atoms in total. The van der Waals surface area contributed by atoms with Crippen molar-refractivity contribution in [2.24, 2.45) is 7.05 Å². The van der Waals surface area contributed by atoms with E-state index in [0.717, 1.165) is 33.2 Å². The monoisotopic (exact) mass is 482 g/mol. The van der Waals surface area contributed by atoms with Gasteiger partial charge in [-0.25, -0.2) is 9.78 Å². The highest BCUT2D eigenvalue weighted by molar-refractivity contribution is 5.93. The summed E-state index contributed by atoms with van der Waals surface area (Å²) < 4.78 is 13.0. The second-order valence-electron chi connectivity index (χ2n) is 9.00. The zero-order chi connectivity index (χ0) is 25.6. The lowest BCUT2D eigenvalue weighted by Crippen LogP contribution is -2.14. The van der Waals surface area contributed by atoms with Crippen LogP contribution in [0.25, 0.3) is 33.2 Å². The summed E-state index contributed by atoms with van der Waals surface area (Å²) in [6, 6.07) is 12.5. The Bertz CT molecular complexity index is 1700. The molecule has 5 aromatic rings. The fourth-order valence-corrected chi connectivity index (χ4v) is 4.56. The van der Waals surface area contributed by atoms with Crippen molar-refractivity contribution >= 4 is 33.5 Å². The Hall–Kier alpha value is -4.46. The van der Waals surface area contributed by atoms with Crippen LogP contribution in [-0.2, 0) is 11.8 Å². The van der Waals surface area contributed by atoms with E-state index in [-0.39, 0.29) is 17.2 Å². The number of aromatic nitrogens is 3. The molecule has 0 unspecified atom stereocenters. The molecule has 0 bridgehead atoms. The van der Waals surface area contributed by atoms with Crippen LogP contribution in [-0.4, -0.2) is 27.8 Å². The number of carbonyl (C=O) groups is 1. The van der Waals surface area contributed by atoms with Gasteiger partial charge in [-0.3, -0.25) is 9.48 Å². The predicted molar refractivity (Wildman–Crippen MR) is 139 cm³/mol. The van der Waals surface area contributed by atoms with Crippen LogP contribution in [0.1, 0.15) is 40.1 Å². The third-order valence-electron chi connectivity index (χ3n) is 6.22. The summed E-state index contributed by atoms with van der Waals surface area (Å²) in [5.41, 5.74) is 5.53. The molecule has 3 aromatic heterocycles. The first kappa shape index (κ1) is 23.3. The molecule has 0 aliphatic heterocycles. The van der Waals surface area contributed by atoms with E-state index < -0.39 is 5.97 Å². The number of nitrogens with one attached hydrogen (secondary N) is 1. The van der Waals surface area contributed by atoms with Crippen LogP contribution in [0.2, 0.25) is 0 Å². The molecule has 5 rings (SSSR count). The predicted octanol–water partition coefficient (Wildman–Crippen LogP) is 5.32. The average molecular weight is 483 g/mol. The lowest BCUT2D eigenvalue weighted by atomic mass is 10.00. The second-order valence-corrected chi connectivity index (χ2v) is 9.00. The van der Waals surface area contributed by atoms with Gasteiger partial charge in [0.2, 0.25) is 0 Å². The van der Waals surface area contributed by atoms with E-state index in [9.17, 15) is 9.59 Å². The Morgan fingerprint density at radius 1 is 1.17 bits per heavy atom. The van der Waals surface area contributed by atoms with E-state index >= 15 is 0 Å². The minimum Gasteiger partial charge on any atom is -0.464 e. The molecular weight excluding hydrogens is 456 g/mol. The molecule has 0 aliphatic rings.